The van der Waals surface area contributed by atoms with Crippen LogP contribution in [0.5, 0.6) is 5.75 Å². The highest BCUT2D eigenvalue weighted by molar-refractivity contribution is 7.91. The predicted molar refractivity (Wildman–Crippen MR) is 89.5 cm³/mol. The number of sulfone groups is 1. The van der Waals surface area contributed by atoms with Crippen molar-refractivity contribution >= 4 is 19.9 Å². The third-order valence-corrected chi connectivity index (χ3v) is 8.55. The van der Waals surface area contributed by atoms with E-state index >= 15 is 0 Å². The maximum absolute atomic E-state index is 12.7. The number of nitrogens with one attached hydrogen (secondary N) is 1. The Hall–Kier alpha value is -1.16. The average Bonchev–Trinajstić information content (AvgIpc) is 2.95. The lowest BCUT2D eigenvalue weighted by Gasteiger charge is -2.34. The summed E-state index contributed by atoms with van der Waals surface area (Å²) in [6.45, 7) is 2.13. The van der Waals surface area contributed by atoms with Gasteiger partial charge < -0.3 is 9.64 Å². The maximum Gasteiger partial charge on any atom is 0.243 e. The van der Waals surface area contributed by atoms with Crippen LogP contribution in [0.1, 0.15) is 6.42 Å². The molecule has 7 nitrogen and oxygen atoms in total. The lowest BCUT2D eigenvalue weighted by Crippen LogP contribution is -3.18. The second-order valence-corrected chi connectivity index (χ2v) is 10.5. The molecular weight excluding hydrogens is 352 g/mol. The Balaban J connectivity index is 1.65. The molecule has 24 heavy (non-hydrogen) atoms. The highest BCUT2D eigenvalue weighted by Crippen LogP contribution is 2.19. The fourth-order valence-electron chi connectivity index (χ4n) is 3.44. The molecule has 2 saturated heterocycles. The number of benzene rings is 1. The van der Waals surface area contributed by atoms with E-state index in [1.807, 2.05) is 0 Å². The lowest BCUT2D eigenvalue weighted by atomic mass is 10.2. The van der Waals surface area contributed by atoms with Crippen molar-refractivity contribution in [2.45, 2.75) is 17.4 Å². The number of hydrogen-bond donors (Lipinski definition) is 1. The Bertz CT molecular complexity index is 782. The smallest absolute Gasteiger partial charge is 0.243 e. The van der Waals surface area contributed by atoms with Gasteiger partial charge in [0.15, 0.2) is 9.84 Å². The number of piperazine rings is 1. The summed E-state index contributed by atoms with van der Waals surface area (Å²) in [5.41, 5.74) is 0. The number of ether oxygens (including phenoxy) is 1. The fraction of sp³-hybridized carbons (Fsp3) is 0.600. The molecule has 0 bridgehead atoms. The third kappa shape index (κ3) is 3.58. The number of quaternary nitrogens is 1. The van der Waals surface area contributed by atoms with Crippen LogP contribution in [-0.4, -0.2) is 72.0 Å². The van der Waals surface area contributed by atoms with Crippen LogP contribution in [-0.2, 0) is 19.9 Å². The topological polar surface area (TPSA) is 85.2 Å². The minimum absolute atomic E-state index is 0.112. The van der Waals surface area contributed by atoms with E-state index in [0.29, 0.717) is 38.3 Å². The van der Waals surface area contributed by atoms with Gasteiger partial charge in [-0.15, -0.1) is 0 Å². The summed E-state index contributed by atoms with van der Waals surface area (Å²) in [4.78, 5) is 1.47. The highest BCUT2D eigenvalue weighted by Gasteiger charge is 2.38. The molecule has 134 valence electrons. The summed E-state index contributed by atoms with van der Waals surface area (Å²) in [5, 5.41) is 0. The van der Waals surface area contributed by atoms with Crippen LogP contribution in [0.2, 0.25) is 0 Å². The first-order chi connectivity index (χ1) is 11.3. The van der Waals surface area contributed by atoms with E-state index in [9.17, 15) is 16.8 Å². The summed E-state index contributed by atoms with van der Waals surface area (Å²) in [7, 11) is -4.88. The van der Waals surface area contributed by atoms with Gasteiger partial charge in [-0.1, -0.05) is 0 Å². The Kier molecular flexibility index (Phi) is 4.87. The van der Waals surface area contributed by atoms with Crippen molar-refractivity contribution in [1.82, 2.24) is 4.31 Å². The SMILES string of the molecule is COc1ccc(S(=O)(=O)N2CC[NH+]([C@@H]3CCS(=O)(=O)C3)CC2)cc1. The van der Waals surface area contributed by atoms with Gasteiger partial charge in [-0.2, -0.15) is 4.31 Å². The molecular formula is C15H23N2O5S2+. The van der Waals surface area contributed by atoms with Crippen molar-refractivity contribution in [3.8, 4) is 5.75 Å². The van der Waals surface area contributed by atoms with Gasteiger partial charge in [-0.3, -0.25) is 0 Å². The van der Waals surface area contributed by atoms with E-state index in [1.54, 1.807) is 24.3 Å². The maximum atomic E-state index is 12.7. The van der Waals surface area contributed by atoms with E-state index in [0.717, 1.165) is 0 Å². The molecule has 0 aromatic heterocycles. The number of methoxy groups -OCH3 is 1. The zero-order chi connectivity index (χ0) is 17.4. The first-order valence-electron chi connectivity index (χ1n) is 8.01. The largest absolute Gasteiger partial charge is 0.497 e. The second kappa shape index (κ2) is 6.62. The van der Waals surface area contributed by atoms with Crippen LogP contribution in [0.4, 0.5) is 0 Å². The van der Waals surface area contributed by atoms with Crippen molar-refractivity contribution in [2.75, 3.05) is 44.8 Å². The molecule has 2 fully saturated rings. The molecule has 0 spiro atoms. The summed E-state index contributed by atoms with van der Waals surface area (Å²) >= 11 is 0. The lowest BCUT2D eigenvalue weighted by molar-refractivity contribution is -0.925. The Morgan fingerprint density at radius 3 is 2.29 bits per heavy atom. The van der Waals surface area contributed by atoms with E-state index < -0.39 is 19.9 Å². The van der Waals surface area contributed by atoms with Gasteiger partial charge in [0.2, 0.25) is 10.0 Å². The van der Waals surface area contributed by atoms with E-state index in [-0.39, 0.29) is 22.4 Å². The van der Waals surface area contributed by atoms with E-state index in [4.69, 9.17) is 4.74 Å². The average molecular weight is 375 g/mol. The normalized spacial score (nSPS) is 25.6. The molecule has 2 heterocycles. The number of rotatable bonds is 4. The second-order valence-electron chi connectivity index (χ2n) is 6.34. The van der Waals surface area contributed by atoms with Crippen molar-refractivity contribution in [1.29, 1.82) is 0 Å². The van der Waals surface area contributed by atoms with Gasteiger partial charge in [0, 0.05) is 6.42 Å². The van der Waals surface area contributed by atoms with Crippen molar-refractivity contribution in [2.24, 2.45) is 0 Å². The first kappa shape index (κ1) is 17.7. The van der Waals surface area contributed by atoms with Gasteiger partial charge in [-0.05, 0) is 24.3 Å². The standard InChI is InChI=1S/C15H22N2O5S2/c1-22-14-2-4-15(5-3-14)24(20,21)17-9-7-16(8-10-17)13-6-11-23(18,19)12-13/h2-5,13H,6-12H2,1H3/p+1/t13-/m1/s1. The molecule has 0 saturated carbocycles. The van der Waals surface area contributed by atoms with Crippen LogP contribution < -0.4 is 9.64 Å². The van der Waals surface area contributed by atoms with Gasteiger partial charge in [0.05, 0.1) is 43.9 Å². The molecule has 2 aliphatic heterocycles. The molecule has 1 atom stereocenters. The molecule has 1 aromatic rings. The quantitative estimate of drug-likeness (QED) is 0.712. The summed E-state index contributed by atoms with van der Waals surface area (Å²) in [6.07, 6.45) is 0.683. The Morgan fingerprint density at radius 2 is 1.79 bits per heavy atom. The van der Waals surface area contributed by atoms with Gasteiger partial charge in [0.25, 0.3) is 0 Å². The Labute approximate surface area is 143 Å². The summed E-state index contributed by atoms with van der Waals surface area (Å²) < 4.78 is 55.2. The van der Waals surface area contributed by atoms with Crippen molar-refractivity contribution in [3.63, 3.8) is 0 Å². The van der Waals surface area contributed by atoms with Gasteiger partial charge in [0.1, 0.15) is 17.5 Å². The van der Waals surface area contributed by atoms with Gasteiger partial charge >= 0.3 is 0 Å². The number of hydrogen-bond acceptors (Lipinski definition) is 5. The first-order valence-corrected chi connectivity index (χ1v) is 11.3. The van der Waals surface area contributed by atoms with Crippen LogP contribution in [0.3, 0.4) is 0 Å². The van der Waals surface area contributed by atoms with E-state index in [2.05, 4.69) is 0 Å². The molecule has 3 rings (SSSR count). The molecule has 2 aliphatic rings. The van der Waals surface area contributed by atoms with Crippen LogP contribution in [0.25, 0.3) is 0 Å². The molecule has 0 unspecified atom stereocenters. The van der Waals surface area contributed by atoms with Gasteiger partial charge in [-0.25, -0.2) is 16.8 Å². The molecule has 1 aromatic carbocycles. The molecule has 9 heteroatoms. The van der Waals surface area contributed by atoms with Crippen LogP contribution in [0.15, 0.2) is 29.2 Å². The summed E-state index contributed by atoms with van der Waals surface area (Å²) in [5.74, 6) is 1.11. The number of nitrogens with zero attached hydrogens (tertiary/aromatic N) is 1. The predicted octanol–water partition coefficient (Wildman–Crippen LogP) is -1.23. The van der Waals surface area contributed by atoms with Crippen molar-refractivity contribution < 1.29 is 26.5 Å². The minimum atomic E-state index is -3.51. The number of sulfonamides is 1. The highest BCUT2D eigenvalue weighted by atomic mass is 32.2. The monoisotopic (exact) mass is 375 g/mol. The molecule has 0 radical (unpaired) electrons. The molecule has 0 amide bonds. The fourth-order valence-corrected chi connectivity index (χ4v) is 6.70. The molecule has 0 aliphatic carbocycles. The minimum Gasteiger partial charge on any atom is -0.497 e. The third-order valence-electron chi connectivity index (χ3n) is 4.87. The van der Waals surface area contributed by atoms with Crippen LogP contribution in [0, 0.1) is 0 Å². The Morgan fingerprint density at radius 1 is 1.17 bits per heavy atom. The zero-order valence-electron chi connectivity index (χ0n) is 13.6. The van der Waals surface area contributed by atoms with Crippen LogP contribution >= 0.6 is 0 Å². The summed E-state index contributed by atoms with van der Waals surface area (Å²) in [6, 6.07) is 6.49. The zero-order valence-corrected chi connectivity index (χ0v) is 15.3. The molecule has 1 N–H and O–H groups in total. The van der Waals surface area contributed by atoms with E-state index in [1.165, 1.54) is 16.3 Å². The van der Waals surface area contributed by atoms with Crippen molar-refractivity contribution in [3.05, 3.63) is 24.3 Å².